The van der Waals surface area contributed by atoms with E-state index < -0.39 is 0 Å². The van der Waals surface area contributed by atoms with Gasteiger partial charge >= 0.3 is 0 Å². The average Bonchev–Trinajstić information content (AvgIpc) is 2.49. The van der Waals surface area contributed by atoms with Gasteiger partial charge in [0.2, 0.25) is 0 Å². The Kier molecular flexibility index (Phi) is 2.09. The first-order valence-electron chi connectivity index (χ1n) is 3.98. The second-order valence-electron chi connectivity index (χ2n) is 2.94. The fraction of sp³-hybridized carbons (Fsp3) is 0.200. The zero-order valence-electron chi connectivity index (χ0n) is 6.84. The lowest BCUT2D eigenvalue weighted by atomic mass is 10.1. The molecular weight excluding hydrogens is 261 g/mol. The highest BCUT2D eigenvalue weighted by Crippen LogP contribution is 2.25. The van der Waals surface area contributed by atoms with Gasteiger partial charge < -0.3 is 4.98 Å². The standard InChI is InChI=1S/C10H10IN/c1-7(11)8-2-3-10-9(6-8)4-5-12-10/h2-7,12H,1H3/t7-/m0/s1. The van der Waals surface area contributed by atoms with Crippen LogP contribution in [0.15, 0.2) is 30.5 Å². The van der Waals surface area contributed by atoms with Crippen LogP contribution >= 0.6 is 22.6 Å². The van der Waals surface area contributed by atoms with Gasteiger partial charge in [-0.05, 0) is 36.1 Å². The first-order valence-corrected chi connectivity index (χ1v) is 5.23. The molecule has 2 rings (SSSR count). The van der Waals surface area contributed by atoms with E-state index in [-0.39, 0.29) is 0 Å². The van der Waals surface area contributed by atoms with Gasteiger partial charge in [0.1, 0.15) is 0 Å². The third-order valence-corrected chi connectivity index (χ3v) is 2.76. The van der Waals surface area contributed by atoms with Crippen LogP contribution in [0.25, 0.3) is 10.9 Å². The van der Waals surface area contributed by atoms with Crippen molar-refractivity contribution in [2.75, 3.05) is 0 Å². The number of alkyl halides is 1. The van der Waals surface area contributed by atoms with Crippen molar-refractivity contribution in [3.8, 4) is 0 Å². The molecular formula is C10H10IN. The summed E-state index contributed by atoms with van der Waals surface area (Å²) in [5, 5.41) is 1.30. The molecule has 2 heteroatoms. The Balaban J connectivity index is 2.60. The summed E-state index contributed by atoms with van der Waals surface area (Å²) in [6.45, 7) is 2.20. The molecule has 0 fully saturated rings. The quantitative estimate of drug-likeness (QED) is 0.601. The normalized spacial score (nSPS) is 13.5. The Morgan fingerprint density at radius 1 is 1.33 bits per heavy atom. The van der Waals surface area contributed by atoms with Gasteiger partial charge in [0, 0.05) is 15.6 Å². The molecule has 0 saturated carbocycles. The van der Waals surface area contributed by atoms with E-state index in [1.165, 1.54) is 16.5 Å². The second kappa shape index (κ2) is 3.09. The highest BCUT2D eigenvalue weighted by Gasteiger charge is 2.01. The summed E-state index contributed by atoms with van der Waals surface area (Å²) in [5.74, 6) is 0. The van der Waals surface area contributed by atoms with Crippen LogP contribution < -0.4 is 0 Å². The molecule has 0 aliphatic rings. The molecule has 1 atom stereocenters. The highest BCUT2D eigenvalue weighted by molar-refractivity contribution is 14.1. The lowest BCUT2D eigenvalue weighted by Gasteiger charge is -2.02. The van der Waals surface area contributed by atoms with Crippen molar-refractivity contribution in [2.45, 2.75) is 10.8 Å². The second-order valence-corrected chi connectivity index (χ2v) is 4.81. The van der Waals surface area contributed by atoms with E-state index in [4.69, 9.17) is 0 Å². The van der Waals surface area contributed by atoms with Crippen molar-refractivity contribution in [1.82, 2.24) is 4.98 Å². The summed E-state index contributed by atoms with van der Waals surface area (Å²) >= 11 is 2.43. The number of hydrogen-bond acceptors (Lipinski definition) is 0. The van der Waals surface area contributed by atoms with E-state index in [0.717, 1.165) is 0 Å². The fourth-order valence-corrected chi connectivity index (χ4v) is 1.71. The number of aromatic amines is 1. The summed E-state index contributed by atoms with van der Waals surface area (Å²) in [4.78, 5) is 3.18. The van der Waals surface area contributed by atoms with E-state index in [1.54, 1.807) is 0 Å². The molecule has 1 nitrogen and oxygen atoms in total. The van der Waals surface area contributed by atoms with Crippen molar-refractivity contribution in [2.24, 2.45) is 0 Å². The maximum absolute atomic E-state index is 3.18. The molecule has 0 spiro atoms. The van der Waals surface area contributed by atoms with Gasteiger partial charge in [-0.2, -0.15) is 0 Å². The van der Waals surface area contributed by atoms with Gasteiger partial charge in [-0.3, -0.25) is 0 Å². The minimum Gasteiger partial charge on any atom is -0.361 e. The Hall–Kier alpha value is -0.510. The van der Waals surface area contributed by atoms with Crippen LogP contribution in [0.3, 0.4) is 0 Å². The van der Waals surface area contributed by atoms with Gasteiger partial charge in [0.15, 0.2) is 0 Å². The summed E-state index contributed by atoms with van der Waals surface area (Å²) in [6.07, 6.45) is 1.98. The predicted molar refractivity (Wildman–Crippen MR) is 60.7 cm³/mol. The number of H-pyrrole nitrogens is 1. The third-order valence-electron chi connectivity index (χ3n) is 2.04. The Bertz CT molecular complexity index is 389. The van der Waals surface area contributed by atoms with Crippen LogP contribution in [-0.4, -0.2) is 4.98 Å². The van der Waals surface area contributed by atoms with E-state index in [0.29, 0.717) is 3.92 Å². The minimum atomic E-state index is 0.585. The SMILES string of the molecule is C[C@H](I)c1ccc2[nH]ccc2c1. The zero-order chi connectivity index (χ0) is 8.55. The van der Waals surface area contributed by atoms with Crippen molar-refractivity contribution in [1.29, 1.82) is 0 Å². The maximum Gasteiger partial charge on any atom is 0.0454 e. The van der Waals surface area contributed by atoms with Crippen molar-refractivity contribution < 1.29 is 0 Å². The predicted octanol–water partition coefficient (Wildman–Crippen LogP) is 3.66. The maximum atomic E-state index is 3.18. The summed E-state index contributed by atoms with van der Waals surface area (Å²) in [5.41, 5.74) is 2.61. The first-order chi connectivity index (χ1) is 5.77. The van der Waals surface area contributed by atoms with E-state index in [1.807, 2.05) is 6.20 Å². The van der Waals surface area contributed by atoms with Crippen LogP contribution in [-0.2, 0) is 0 Å². The Labute approximate surface area is 85.3 Å². The molecule has 12 heavy (non-hydrogen) atoms. The molecule has 1 heterocycles. The molecule has 0 amide bonds. The summed E-state index contributed by atoms with van der Waals surface area (Å²) in [7, 11) is 0. The molecule has 2 aromatic rings. The molecule has 1 aromatic carbocycles. The van der Waals surface area contributed by atoms with Gasteiger partial charge in [-0.1, -0.05) is 28.7 Å². The van der Waals surface area contributed by atoms with E-state index in [2.05, 4.69) is 58.8 Å². The lowest BCUT2D eigenvalue weighted by molar-refractivity contribution is 1.15. The molecule has 1 aromatic heterocycles. The van der Waals surface area contributed by atoms with Gasteiger partial charge in [0.25, 0.3) is 0 Å². The largest absolute Gasteiger partial charge is 0.361 e. The first kappa shape index (κ1) is 8.10. The van der Waals surface area contributed by atoms with Crippen molar-refractivity contribution in [3.05, 3.63) is 36.0 Å². The van der Waals surface area contributed by atoms with Crippen molar-refractivity contribution >= 4 is 33.5 Å². The fourth-order valence-electron chi connectivity index (χ4n) is 1.32. The number of benzene rings is 1. The van der Waals surface area contributed by atoms with Crippen molar-refractivity contribution in [3.63, 3.8) is 0 Å². The monoisotopic (exact) mass is 271 g/mol. The molecule has 0 unspecified atom stereocenters. The molecule has 1 N–H and O–H groups in total. The minimum absolute atomic E-state index is 0.585. The van der Waals surface area contributed by atoms with Crippen LogP contribution in [0.2, 0.25) is 0 Å². The molecule has 0 radical (unpaired) electrons. The van der Waals surface area contributed by atoms with Gasteiger partial charge in [-0.15, -0.1) is 0 Å². The highest BCUT2D eigenvalue weighted by atomic mass is 127. The number of halogens is 1. The van der Waals surface area contributed by atoms with Crippen LogP contribution in [0.5, 0.6) is 0 Å². The molecule has 0 bridgehead atoms. The van der Waals surface area contributed by atoms with Crippen LogP contribution in [0, 0.1) is 0 Å². The topological polar surface area (TPSA) is 15.8 Å². The number of hydrogen-bond donors (Lipinski definition) is 1. The Morgan fingerprint density at radius 2 is 2.17 bits per heavy atom. The van der Waals surface area contributed by atoms with Crippen LogP contribution in [0.4, 0.5) is 0 Å². The lowest BCUT2D eigenvalue weighted by Crippen LogP contribution is -1.81. The number of nitrogens with one attached hydrogen (secondary N) is 1. The number of rotatable bonds is 1. The molecule has 0 saturated heterocycles. The summed E-state index contributed by atoms with van der Waals surface area (Å²) < 4.78 is 0.585. The van der Waals surface area contributed by atoms with Gasteiger partial charge in [0.05, 0.1) is 0 Å². The smallest absolute Gasteiger partial charge is 0.0454 e. The number of aromatic nitrogens is 1. The summed E-state index contributed by atoms with van der Waals surface area (Å²) in [6, 6.07) is 8.66. The Morgan fingerprint density at radius 3 is 2.92 bits per heavy atom. The average molecular weight is 271 g/mol. The molecule has 0 aliphatic carbocycles. The van der Waals surface area contributed by atoms with Crippen LogP contribution in [0.1, 0.15) is 16.4 Å². The number of fused-ring (bicyclic) bond motifs is 1. The third kappa shape index (κ3) is 1.35. The zero-order valence-corrected chi connectivity index (χ0v) is 9.00. The molecule has 62 valence electrons. The van der Waals surface area contributed by atoms with E-state index >= 15 is 0 Å². The molecule has 0 aliphatic heterocycles. The van der Waals surface area contributed by atoms with Gasteiger partial charge in [-0.25, -0.2) is 0 Å². The van der Waals surface area contributed by atoms with E-state index in [9.17, 15) is 0 Å².